The molecule has 0 aliphatic heterocycles. The Labute approximate surface area is 42.9 Å². The van der Waals surface area contributed by atoms with Gasteiger partial charge in [-0.1, -0.05) is 12.8 Å². The van der Waals surface area contributed by atoms with E-state index < -0.39 is 0 Å². The maximum absolute atomic E-state index is 7.90. The molecule has 0 aromatic carbocycles. The quantitative estimate of drug-likeness (QED) is 0.380. The standard InChI is InChI=1S/C3H6N2S/c1-5(6)3-2-4/h6H,3H2,1H3. The van der Waals surface area contributed by atoms with Gasteiger partial charge in [-0.3, -0.25) is 0 Å². The van der Waals surface area contributed by atoms with Crippen molar-refractivity contribution in [2.24, 2.45) is 0 Å². The summed E-state index contributed by atoms with van der Waals surface area (Å²) in [4.78, 5) is 0. The van der Waals surface area contributed by atoms with Crippen molar-refractivity contribution in [3.63, 3.8) is 0 Å². The van der Waals surface area contributed by atoms with E-state index in [1.54, 1.807) is 7.05 Å². The summed E-state index contributed by atoms with van der Waals surface area (Å²) in [5, 5.41) is 7.90. The van der Waals surface area contributed by atoms with Gasteiger partial charge in [0.2, 0.25) is 0 Å². The summed E-state index contributed by atoms with van der Waals surface area (Å²) in [5.41, 5.74) is 0. The predicted molar refractivity (Wildman–Crippen MR) is 27.2 cm³/mol. The number of hydrogen-bond acceptors (Lipinski definition) is 3. The molecule has 0 fully saturated rings. The molecule has 0 atom stereocenters. The minimum Gasteiger partial charge on any atom is -0.242 e. The predicted octanol–water partition coefficient (Wildman–Crippen LogP) is 0.287. The van der Waals surface area contributed by atoms with Crippen LogP contribution in [-0.4, -0.2) is 17.9 Å². The summed E-state index contributed by atoms with van der Waals surface area (Å²) in [6, 6.07) is 1.92. The fraction of sp³-hybridized carbons (Fsp3) is 0.667. The number of nitrogens with zero attached hydrogens (tertiary/aromatic N) is 2. The molecule has 0 bridgehead atoms. The Hall–Kier alpha value is -0.200. The fourth-order valence-corrected chi connectivity index (χ4v) is 0.166. The van der Waals surface area contributed by atoms with Gasteiger partial charge in [-0.05, 0) is 7.05 Å². The molecule has 0 aliphatic rings. The smallest absolute Gasteiger partial charge is 0.0956 e. The van der Waals surface area contributed by atoms with Gasteiger partial charge in [0.25, 0.3) is 0 Å². The summed E-state index contributed by atoms with van der Waals surface area (Å²) in [6.07, 6.45) is 0. The lowest BCUT2D eigenvalue weighted by atomic mass is 10.7. The molecular weight excluding hydrogens is 96.1 g/mol. The van der Waals surface area contributed by atoms with Crippen LogP contribution in [0.4, 0.5) is 0 Å². The molecule has 2 nitrogen and oxygen atoms in total. The summed E-state index contributed by atoms with van der Waals surface area (Å²) in [5.74, 6) is 0. The second-order valence-corrected chi connectivity index (χ2v) is 1.66. The van der Waals surface area contributed by atoms with E-state index in [9.17, 15) is 0 Å². The van der Waals surface area contributed by atoms with Crippen LogP contribution in [0.3, 0.4) is 0 Å². The third kappa shape index (κ3) is 3.80. The van der Waals surface area contributed by atoms with Crippen LogP contribution >= 0.6 is 12.8 Å². The topological polar surface area (TPSA) is 27.0 Å². The molecule has 0 amide bonds. The Bertz CT molecular complexity index is 63.7. The lowest BCUT2D eigenvalue weighted by Crippen LogP contribution is -2.02. The number of hydrogen-bond donors (Lipinski definition) is 1. The molecule has 0 rings (SSSR count). The molecule has 0 unspecified atom stereocenters. The van der Waals surface area contributed by atoms with Crippen LogP contribution in [0.25, 0.3) is 0 Å². The Balaban J connectivity index is 2.88. The van der Waals surface area contributed by atoms with Crippen LogP contribution in [0, 0.1) is 11.3 Å². The van der Waals surface area contributed by atoms with Gasteiger partial charge in [-0.25, -0.2) is 4.31 Å². The highest BCUT2D eigenvalue weighted by atomic mass is 32.1. The van der Waals surface area contributed by atoms with Crippen LogP contribution in [-0.2, 0) is 0 Å². The van der Waals surface area contributed by atoms with E-state index in [0.717, 1.165) is 0 Å². The average molecular weight is 102 g/mol. The van der Waals surface area contributed by atoms with E-state index in [1.807, 2.05) is 6.07 Å². The molecule has 6 heavy (non-hydrogen) atoms. The molecule has 0 N–H and O–H groups in total. The Morgan fingerprint density at radius 3 is 2.50 bits per heavy atom. The van der Waals surface area contributed by atoms with Crippen LogP contribution in [0.5, 0.6) is 0 Å². The summed E-state index contributed by atoms with van der Waals surface area (Å²) >= 11 is 3.79. The van der Waals surface area contributed by atoms with E-state index in [1.165, 1.54) is 4.31 Å². The van der Waals surface area contributed by atoms with Crippen molar-refractivity contribution in [3.8, 4) is 6.07 Å². The second-order valence-electron chi connectivity index (χ2n) is 0.974. The highest BCUT2D eigenvalue weighted by Crippen LogP contribution is 1.79. The van der Waals surface area contributed by atoms with Crippen molar-refractivity contribution in [2.45, 2.75) is 0 Å². The molecule has 3 heteroatoms. The van der Waals surface area contributed by atoms with Gasteiger partial charge < -0.3 is 0 Å². The van der Waals surface area contributed by atoms with Gasteiger partial charge in [0.15, 0.2) is 0 Å². The van der Waals surface area contributed by atoms with Gasteiger partial charge in [0.1, 0.15) is 0 Å². The minimum atomic E-state index is 0.378. The highest BCUT2D eigenvalue weighted by Gasteiger charge is 1.80. The van der Waals surface area contributed by atoms with Crippen molar-refractivity contribution < 1.29 is 0 Å². The largest absolute Gasteiger partial charge is 0.242 e. The van der Waals surface area contributed by atoms with Gasteiger partial charge >= 0.3 is 0 Å². The van der Waals surface area contributed by atoms with Crippen molar-refractivity contribution >= 4 is 12.8 Å². The molecule has 0 spiro atoms. The molecule has 0 saturated carbocycles. The normalized spacial score (nSPS) is 8.33. The van der Waals surface area contributed by atoms with E-state index in [2.05, 4.69) is 12.8 Å². The first-order valence-corrected chi connectivity index (χ1v) is 1.94. The van der Waals surface area contributed by atoms with Crippen molar-refractivity contribution in [1.29, 1.82) is 5.26 Å². The van der Waals surface area contributed by atoms with Crippen LogP contribution < -0.4 is 0 Å². The zero-order valence-electron chi connectivity index (χ0n) is 3.55. The Morgan fingerprint density at radius 1 is 2.00 bits per heavy atom. The minimum absolute atomic E-state index is 0.378. The number of thiol groups is 1. The second kappa shape index (κ2) is 3.01. The monoisotopic (exact) mass is 102 g/mol. The van der Waals surface area contributed by atoms with Crippen molar-refractivity contribution in [2.75, 3.05) is 13.6 Å². The summed E-state index contributed by atoms with van der Waals surface area (Å²) < 4.78 is 1.51. The van der Waals surface area contributed by atoms with Gasteiger partial charge in [-0.2, -0.15) is 5.26 Å². The Morgan fingerprint density at radius 2 is 2.50 bits per heavy atom. The van der Waals surface area contributed by atoms with Crippen molar-refractivity contribution in [3.05, 3.63) is 0 Å². The first-order chi connectivity index (χ1) is 2.77. The van der Waals surface area contributed by atoms with E-state index in [-0.39, 0.29) is 0 Å². The molecule has 0 aliphatic carbocycles. The first-order valence-electron chi connectivity index (χ1n) is 1.54. The first kappa shape index (κ1) is 5.80. The van der Waals surface area contributed by atoms with Gasteiger partial charge in [0.05, 0.1) is 12.6 Å². The Kier molecular flexibility index (Phi) is 2.91. The van der Waals surface area contributed by atoms with Crippen LogP contribution in [0.1, 0.15) is 0 Å². The highest BCUT2D eigenvalue weighted by molar-refractivity contribution is 7.77. The van der Waals surface area contributed by atoms with Gasteiger partial charge in [-0.15, -0.1) is 0 Å². The molecule has 0 radical (unpaired) electrons. The van der Waals surface area contributed by atoms with E-state index in [4.69, 9.17) is 5.26 Å². The molecular formula is C3H6N2S. The average Bonchev–Trinajstić information content (AvgIpc) is 1.35. The third-order valence-corrected chi connectivity index (χ3v) is 0.441. The molecule has 0 heterocycles. The molecule has 0 saturated heterocycles. The molecule has 34 valence electrons. The summed E-state index contributed by atoms with van der Waals surface area (Å²) in [7, 11) is 1.73. The van der Waals surface area contributed by atoms with Crippen molar-refractivity contribution in [1.82, 2.24) is 4.31 Å². The fourth-order valence-electron chi connectivity index (χ4n) is 0.102. The number of rotatable bonds is 1. The van der Waals surface area contributed by atoms with Crippen LogP contribution in [0.2, 0.25) is 0 Å². The van der Waals surface area contributed by atoms with Gasteiger partial charge in [0, 0.05) is 0 Å². The SMILES string of the molecule is CN(S)CC#N. The van der Waals surface area contributed by atoms with E-state index >= 15 is 0 Å². The lowest BCUT2D eigenvalue weighted by molar-refractivity contribution is 0.652. The summed E-state index contributed by atoms with van der Waals surface area (Å²) in [6.45, 7) is 0.378. The maximum Gasteiger partial charge on any atom is 0.0956 e. The lowest BCUT2D eigenvalue weighted by Gasteiger charge is -1.95. The molecule has 0 aromatic heterocycles. The maximum atomic E-state index is 7.90. The third-order valence-electron chi connectivity index (χ3n) is 0.300. The zero-order chi connectivity index (χ0) is 4.99. The molecule has 0 aromatic rings. The number of nitriles is 1. The van der Waals surface area contributed by atoms with E-state index in [0.29, 0.717) is 6.54 Å². The van der Waals surface area contributed by atoms with Crippen LogP contribution in [0.15, 0.2) is 0 Å². The zero-order valence-corrected chi connectivity index (χ0v) is 4.44.